The number of rotatable bonds is 5. The van der Waals surface area contributed by atoms with Crippen LogP contribution in [0.15, 0.2) is 24.8 Å². The van der Waals surface area contributed by atoms with Crippen molar-refractivity contribution in [3.05, 3.63) is 24.8 Å². The highest BCUT2D eigenvalue weighted by Crippen LogP contribution is 2.06. The zero-order valence-electron chi connectivity index (χ0n) is 6.93. The van der Waals surface area contributed by atoms with Crippen LogP contribution >= 0.6 is 0 Å². The van der Waals surface area contributed by atoms with Gasteiger partial charge in [-0.15, -0.1) is 6.58 Å². The predicted molar refractivity (Wildman–Crippen MR) is 45.2 cm³/mol. The summed E-state index contributed by atoms with van der Waals surface area (Å²) in [5, 5.41) is 0. The molecule has 11 heavy (non-hydrogen) atoms. The van der Waals surface area contributed by atoms with Crippen molar-refractivity contribution in [2.24, 2.45) is 0 Å². The van der Waals surface area contributed by atoms with Gasteiger partial charge in [-0.25, -0.2) is 4.79 Å². The van der Waals surface area contributed by atoms with Crippen LogP contribution in [0.1, 0.15) is 19.3 Å². The molecule has 0 aromatic heterocycles. The first-order chi connectivity index (χ1) is 5.22. The summed E-state index contributed by atoms with van der Waals surface area (Å²) in [5.74, 6) is -0.311. The van der Waals surface area contributed by atoms with E-state index in [4.69, 9.17) is 0 Å². The molecule has 0 aliphatic rings. The summed E-state index contributed by atoms with van der Waals surface area (Å²) >= 11 is 0. The van der Waals surface area contributed by atoms with E-state index in [1.807, 2.05) is 6.08 Å². The van der Waals surface area contributed by atoms with Gasteiger partial charge >= 0.3 is 5.97 Å². The maximum Gasteiger partial charge on any atom is 0.333 e. The number of hydrogen-bond acceptors (Lipinski definition) is 2. The van der Waals surface area contributed by atoms with E-state index in [0.717, 1.165) is 12.8 Å². The predicted octanol–water partition coefficient (Wildman–Crippen LogP) is 2.07. The Hall–Kier alpha value is -1.05. The monoisotopic (exact) mass is 154 g/mol. The van der Waals surface area contributed by atoms with Crippen molar-refractivity contribution in [1.29, 1.82) is 0 Å². The van der Waals surface area contributed by atoms with Gasteiger partial charge in [0.15, 0.2) is 0 Å². The number of carbonyl (C=O) groups excluding carboxylic acids is 1. The summed E-state index contributed by atoms with van der Waals surface area (Å²) < 4.78 is 4.48. The molecule has 0 aromatic carbocycles. The molecule has 0 amide bonds. The summed E-state index contributed by atoms with van der Waals surface area (Å²) in [6.07, 6.45) is 4.34. The molecule has 2 heteroatoms. The molecule has 62 valence electrons. The standard InChI is InChI=1S/C9H14O2/c1-4-5-6-7-8(2)9(10)11-3/h4H,1-2,5-7H2,3H3. The van der Waals surface area contributed by atoms with E-state index < -0.39 is 0 Å². The minimum atomic E-state index is -0.311. The van der Waals surface area contributed by atoms with Gasteiger partial charge in [0.1, 0.15) is 0 Å². The lowest BCUT2D eigenvalue weighted by atomic mass is 10.1. The van der Waals surface area contributed by atoms with E-state index >= 15 is 0 Å². The van der Waals surface area contributed by atoms with E-state index in [1.54, 1.807) is 0 Å². The van der Waals surface area contributed by atoms with Crippen molar-refractivity contribution in [2.75, 3.05) is 7.11 Å². The van der Waals surface area contributed by atoms with Gasteiger partial charge < -0.3 is 4.74 Å². The topological polar surface area (TPSA) is 26.3 Å². The molecule has 0 N–H and O–H groups in total. The van der Waals surface area contributed by atoms with Crippen molar-refractivity contribution < 1.29 is 9.53 Å². The van der Waals surface area contributed by atoms with E-state index in [9.17, 15) is 4.79 Å². The highest BCUT2D eigenvalue weighted by atomic mass is 16.5. The molecule has 0 saturated carbocycles. The Morgan fingerprint density at radius 1 is 1.64 bits per heavy atom. The van der Waals surface area contributed by atoms with Gasteiger partial charge in [-0.2, -0.15) is 0 Å². The van der Waals surface area contributed by atoms with Crippen LogP contribution in [-0.2, 0) is 9.53 Å². The van der Waals surface area contributed by atoms with E-state index in [1.165, 1.54) is 7.11 Å². The summed E-state index contributed by atoms with van der Waals surface area (Å²) in [4.78, 5) is 10.8. The molecule has 0 spiro atoms. The summed E-state index contributed by atoms with van der Waals surface area (Å²) in [7, 11) is 1.36. The quantitative estimate of drug-likeness (QED) is 0.262. The van der Waals surface area contributed by atoms with Crippen LogP contribution in [0, 0.1) is 0 Å². The SMILES string of the molecule is C=CCCCC(=C)C(=O)OC. The van der Waals surface area contributed by atoms with Gasteiger partial charge in [0.05, 0.1) is 7.11 Å². The Morgan fingerprint density at radius 3 is 2.73 bits per heavy atom. The number of allylic oxidation sites excluding steroid dienone is 1. The number of methoxy groups -OCH3 is 1. The Balaban J connectivity index is 3.52. The smallest absolute Gasteiger partial charge is 0.333 e. The minimum absolute atomic E-state index is 0.311. The average Bonchev–Trinajstić information content (AvgIpc) is 2.03. The third-order valence-corrected chi connectivity index (χ3v) is 1.36. The lowest BCUT2D eigenvalue weighted by Crippen LogP contribution is -2.02. The second-order valence-corrected chi connectivity index (χ2v) is 2.28. The molecule has 0 unspecified atom stereocenters. The van der Waals surface area contributed by atoms with Crippen molar-refractivity contribution in [2.45, 2.75) is 19.3 Å². The van der Waals surface area contributed by atoms with Gasteiger partial charge in [-0.3, -0.25) is 0 Å². The number of ether oxygens (including phenoxy) is 1. The first-order valence-electron chi connectivity index (χ1n) is 3.59. The summed E-state index contributed by atoms with van der Waals surface area (Å²) in [6, 6.07) is 0. The fraction of sp³-hybridized carbons (Fsp3) is 0.444. The molecular weight excluding hydrogens is 140 g/mol. The molecule has 0 aromatic rings. The van der Waals surface area contributed by atoms with Crippen LogP contribution in [0.3, 0.4) is 0 Å². The Bertz CT molecular complexity index is 159. The second kappa shape index (κ2) is 5.71. The molecule has 0 heterocycles. The van der Waals surface area contributed by atoms with Gasteiger partial charge in [-0.05, 0) is 19.3 Å². The Morgan fingerprint density at radius 2 is 2.27 bits per heavy atom. The van der Waals surface area contributed by atoms with Crippen molar-refractivity contribution >= 4 is 5.97 Å². The Kier molecular flexibility index (Phi) is 5.17. The number of unbranched alkanes of at least 4 members (excludes halogenated alkanes) is 1. The number of esters is 1. The lowest BCUT2D eigenvalue weighted by molar-refractivity contribution is -0.136. The normalized spacial score (nSPS) is 8.82. The third-order valence-electron chi connectivity index (χ3n) is 1.36. The molecule has 0 saturated heterocycles. The largest absolute Gasteiger partial charge is 0.466 e. The minimum Gasteiger partial charge on any atom is -0.466 e. The lowest BCUT2D eigenvalue weighted by Gasteiger charge is -2.00. The molecular formula is C9H14O2. The van der Waals surface area contributed by atoms with Gasteiger partial charge in [0.2, 0.25) is 0 Å². The van der Waals surface area contributed by atoms with Crippen molar-refractivity contribution in [3.8, 4) is 0 Å². The van der Waals surface area contributed by atoms with Gasteiger partial charge in [-0.1, -0.05) is 12.7 Å². The van der Waals surface area contributed by atoms with Crippen LogP contribution in [0.2, 0.25) is 0 Å². The molecule has 0 radical (unpaired) electrons. The molecule has 0 bridgehead atoms. The van der Waals surface area contributed by atoms with Crippen LogP contribution in [0.4, 0.5) is 0 Å². The highest BCUT2D eigenvalue weighted by Gasteiger charge is 2.04. The highest BCUT2D eigenvalue weighted by molar-refractivity contribution is 5.87. The van der Waals surface area contributed by atoms with E-state index in [2.05, 4.69) is 17.9 Å². The van der Waals surface area contributed by atoms with Crippen molar-refractivity contribution in [1.82, 2.24) is 0 Å². The molecule has 0 aliphatic carbocycles. The molecule has 0 atom stereocenters. The van der Waals surface area contributed by atoms with E-state index in [0.29, 0.717) is 12.0 Å². The molecule has 0 fully saturated rings. The number of hydrogen-bond donors (Lipinski definition) is 0. The van der Waals surface area contributed by atoms with Gasteiger partial charge in [0.25, 0.3) is 0 Å². The Labute approximate surface area is 67.6 Å². The van der Waals surface area contributed by atoms with E-state index in [-0.39, 0.29) is 5.97 Å². The maximum absolute atomic E-state index is 10.8. The zero-order valence-corrected chi connectivity index (χ0v) is 6.93. The molecule has 0 rings (SSSR count). The van der Waals surface area contributed by atoms with Crippen LogP contribution in [0.25, 0.3) is 0 Å². The maximum atomic E-state index is 10.8. The zero-order chi connectivity index (χ0) is 8.69. The molecule has 2 nitrogen and oxygen atoms in total. The average molecular weight is 154 g/mol. The summed E-state index contributed by atoms with van der Waals surface area (Å²) in [6.45, 7) is 7.17. The van der Waals surface area contributed by atoms with Gasteiger partial charge in [0, 0.05) is 5.57 Å². The second-order valence-electron chi connectivity index (χ2n) is 2.28. The van der Waals surface area contributed by atoms with Crippen LogP contribution in [0.5, 0.6) is 0 Å². The third kappa shape index (κ3) is 4.37. The number of carbonyl (C=O) groups is 1. The first-order valence-corrected chi connectivity index (χ1v) is 3.59. The fourth-order valence-corrected chi connectivity index (χ4v) is 0.706. The van der Waals surface area contributed by atoms with Crippen LogP contribution in [-0.4, -0.2) is 13.1 Å². The summed E-state index contributed by atoms with van der Waals surface area (Å²) in [5.41, 5.74) is 0.536. The molecule has 0 aliphatic heterocycles. The van der Waals surface area contributed by atoms with Crippen LogP contribution < -0.4 is 0 Å². The van der Waals surface area contributed by atoms with Crippen molar-refractivity contribution in [3.63, 3.8) is 0 Å². The first kappa shape index (κ1) is 9.95. The fourth-order valence-electron chi connectivity index (χ4n) is 0.706.